The first-order chi connectivity index (χ1) is 16.2. The third kappa shape index (κ3) is 6.51. The zero-order valence-corrected chi connectivity index (χ0v) is 20.4. The molecule has 0 aromatic heterocycles. The number of aliphatic hydroxyl groups is 1. The summed E-state index contributed by atoms with van der Waals surface area (Å²) in [6.07, 6.45) is -1.35. The smallest absolute Gasteiger partial charge is 0.252 e. The topological polar surface area (TPSA) is 130 Å². The zero-order valence-electron chi connectivity index (χ0n) is 18.0. The van der Waals surface area contributed by atoms with Crippen LogP contribution in [-0.2, 0) is 27.8 Å². The van der Waals surface area contributed by atoms with Gasteiger partial charge >= 0.3 is 0 Å². The first kappa shape index (κ1) is 25.6. The fourth-order valence-corrected chi connectivity index (χ4v) is 5.10. The number of carbonyl (C=O) groups is 2. The summed E-state index contributed by atoms with van der Waals surface area (Å²) < 4.78 is 26.4. The molecule has 0 aliphatic heterocycles. The summed E-state index contributed by atoms with van der Waals surface area (Å²) >= 11 is 3.11. The van der Waals surface area contributed by atoms with E-state index in [2.05, 4.69) is 21.5 Å². The van der Waals surface area contributed by atoms with Crippen LogP contribution in [0, 0.1) is 0 Å². The van der Waals surface area contributed by atoms with E-state index in [1.807, 2.05) is 30.3 Å². The lowest BCUT2D eigenvalue weighted by molar-refractivity contribution is -0.127. The maximum absolute atomic E-state index is 12.8. The number of carbonyl (C=O) groups excluding carboxylic acids is 2. The Balaban J connectivity index is 1.69. The summed E-state index contributed by atoms with van der Waals surface area (Å²) in [6.45, 7) is 0.0378. The van der Waals surface area contributed by atoms with Crippen molar-refractivity contribution in [3.63, 3.8) is 0 Å². The molecule has 2 amide bonds. The van der Waals surface area contributed by atoms with Crippen molar-refractivity contribution in [1.29, 1.82) is 0 Å². The standard InChI is InChI=1S/C24H24BrN3O5S/c25-28(34(32,33)20-9-5-2-6-10-20)16-18-11-13-19(14-12-18)24(31)27-21(22(29)23(26)30)15-17-7-3-1-4-8-17/h1-14,21-22,29H,15-16H2,(H2,26,30)(H,27,31). The van der Waals surface area contributed by atoms with Gasteiger partial charge in [0.25, 0.3) is 15.9 Å². The Morgan fingerprint density at radius 3 is 2.03 bits per heavy atom. The predicted octanol–water partition coefficient (Wildman–Crippen LogP) is 2.37. The molecule has 0 saturated carbocycles. The zero-order chi connectivity index (χ0) is 24.7. The van der Waals surface area contributed by atoms with Crippen LogP contribution in [0.25, 0.3) is 0 Å². The van der Waals surface area contributed by atoms with Crippen LogP contribution in [0.2, 0.25) is 0 Å². The number of aliphatic hydroxyl groups excluding tert-OH is 1. The lowest BCUT2D eigenvalue weighted by Gasteiger charge is -2.22. The second kappa shape index (κ2) is 11.4. The van der Waals surface area contributed by atoms with Gasteiger partial charge < -0.3 is 16.2 Å². The largest absolute Gasteiger partial charge is 0.381 e. The van der Waals surface area contributed by atoms with Gasteiger partial charge in [-0.25, -0.2) is 8.42 Å². The van der Waals surface area contributed by atoms with Crippen molar-refractivity contribution in [2.75, 3.05) is 0 Å². The van der Waals surface area contributed by atoms with Crippen LogP contribution in [0.1, 0.15) is 21.5 Å². The molecular formula is C24H24BrN3O5S. The number of hydrogen-bond acceptors (Lipinski definition) is 5. The number of benzene rings is 3. The Hall–Kier alpha value is -3.05. The van der Waals surface area contributed by atoms with Gasteiger partial charge in [0, 0.05) is 21.7 Å². The predicted molar refractivity (Wildman–Crippen MR) is 131 cm³/mol. The van der Waals surface area contributed by atoms with Gasteiger partial charge in [-0.3, -0.25) is 9.59 Å². The maximum Gasteiger partial charge on any atom is 0.252 e. The number of nitrogens with one attached hydrogen (secondary N) is 1. The molecule has 4 N–H and O–H groups in total. The van der Waals surface area contributed by atoms with E-state index >= 15 is 0 Å². The van der Waals surface area contributed by atoms with Gasteiger partial charge in [0.05, 0.1) is 17.5 Å². The molecule has 0 saturated heterocycles. The molecule has 0 aliphatic rings. The monoisotopic (exact) mass is 545 g/mol. The van der Waals surface area contributed by atoms with Crippen molar-refractivity contribution < 1.29 is 23.1 Å². The fourth-order valence-electron chi connectivity index (χ4n) is 3.26. The summed E-state index contributed by atoms with van der Waals surface area (Å²) in [5.41, 5.74) is 7.00. The second-order valence-corrected chi connectivity index (χ2v) is 10.8. The number of sulfonamides is 1. The minimum absolute atomic E-state index is 0.0378. The Morgan fingerprint density at radius 2 is 1.47 bits per heavy atom. The van der Waals surface area contributed by atoms with E-state index in [-0.39, 0.29) is 23.4 Å². The van der Waals surface area contributed by atoms with E-state index in [0.29, 0.717) is 5.56 Å². The van der Waals surface area contributed by atoms with Crippen LogP contribution < -0.4 is 11.1 Å². The maximum atomic E-state index is 12.8. The van der Waals surface area contributed by atoms with E-state index in [0.717, 1.165) is 8.89 Å². The number of nitrogens with two attached hydrogens (primary N) is 1. The third-order valence-corrected chi connectivity index (χ3v) is 8.03. The van der Waals surface area contributed by atoms with Crippen molar-refractivity contribution >= 4 is 38.0 Å². The van der Waals surface area contributed by atoms with Gasteiger partial charge in [0.2, 0.25) is 5.91 Å². The summed E-state index contributed by atoms with van der Waals surface area (Å²) in [7, 11) is -3.73. The molecule has 0 bridgehead atoms. The SMILES string of the molecule is NC(=O)C(O)C(Cc1ccccc1)NC(=O)c1ccc(CN(Br)S(=O)(=O)c2ccccc2)cc1. The quantitative estimate of drug-likeness (QED) is 0.337. The van der Waals surface area contributed by atoms with Gasteiger partial charge in [-0.15, -0.1) is 3.33 Å². The average molecular weight is 546 g/mol. The molecular weight excluding hydrogens is 522 g/mol. The molecule has 8 nitrogen and oxygen atoms in total. The lowest BCUT2D eigenvalue weighted by Crippen LogP contribution is -2.50. The number of primary amides is 1. The van der Waals surface area contributed by atoms with E-state index in [4.69, 9.17) is 5.73 Å². The van der Waals surface area contributed by atoms with Crippen LogP contribution in [-0.4, -0.2) is 40.8 Å². The van der Waals surface area contributed by atoms with Gasteiger partial charge in [-0.1, -0.05) is 60.7 Å². The van der Waals surface area contributed by atoms with E-state index in [1.165, 1.54) is 24.3 Å². The van der Waals surface area contributed by atoms with Crippen LogP contribution in [0.15, 0.2) is 89.8 Å². The molecule has 178 valence electrons. The van der Waals surface area contributed by atoms with E-state index < -0.39 is 34.0 Å². The van der Waals surface area contributed by atoms with E-state index in [1.54, 1.807) is 30.3 Å². The van der Waals surface area contributed by atoms with Gasteiger partial charge in [0.15, 0.2) is 6.10 Å². The Morgan fingerprint density at radius 1 is 0.912 bits per heavy atom. The molecule has 0 aliphatic carbocycles. The summed E-state index contributed by atoms with van der Waals surface area (Å²) in [5, 5.41) is 12.9. The first-order valence-corrected chi connectivity index (χ1v) is 12.5. The number of halogens is 1. The molecule has 0 radical (unpaired) electrons. The highest BCUT2D eigenvalue weighted by Gasteiger charge is 2.27. The minimum atomic E-state index is -3.73. The minimum Gasteiger partial charge on any atom is -0.381 e. The Bertz CT molecular complexity index is 1220. The van der Waals surface area contributed by atoms with Crippen molar-refractivity contribution in [3.8, 4) is 0 Å². The molecule has 34 heavy (non-hydrogen) atoms. The van der Waals surface area contributed by atoms with Crippen molar-refractivity contribution in [2.24, 2.45) is 5.73 Å². The number of amides is 2. The van der Waals surface area contributed by atoms with Crippen molar-refractivity contribution in [3.05, 3.63) is 102 Å². The van der Waals surface area contributed by atoms with Gasteiger partial charge in [-0.05, 0) is 41.8 Å². The average Bonchev–Trinajstić information content (AvgIpc) is 2.84. The summed E-state index contributed by atoms with van der Waals surface area (Å²) in [5.74, 6) is -1.44. The summed E-state index contributed by atoms with van der Waals surface area (Å²) in [4.78, 5) is 24.5. The van der Waals surface area contributed by atoms with Gasteiger partial charge in [-0.2, -0.15) is 0 Å². The summed E-state index contributed by atoms with van der Waals surface area (Å²) in [6, 6.07) is 22.5. The molecule has 3 aromatic carbocycles. The molecule has 2 atom stereocenters. The molecule has 2 unspecified atom stereocenters. The third-order valence-electron chi connectivity index (χ3n) is 5.11. The fraction of sp³-hybridized carbons (Fsp3) is 0.167. The molecule has 0 heterocycles. The van der Waals surface area contributed by atoms with E-state index in [9.17, 15) is 23.1 Å². The molecule has 0 fully saturated rings. The second-order valence-electron chi connectivity index (χ2n) is 7.58. The Kier molecular flexibility index (Phi) is 8.56. The van der Waals surface area contributed by atoms with Crippen LogP contribution in [0.4, 0.5) is 0 Å². The van der Waals surface area contributed by atoms with Crippen LogP contribution in [0.3, 0.4) is 0 Å². The molecule has 3 aromatic rings. The number of nitrogens with zero attached hydrogens (tertiary/aromatic N) is 1. The molecule has 10 heteroatoms. The van der Waals surface area contributed by atoms with Crippen LogP contribution >= 0.6 is 16.1 Å². The van der Waals surface area contributed by atoms with Crippen molar-refractivity contribution in [1.82, 2.24) is 8.65 Å². The lowest BCUT2D eigenvalue weighted by atomic mass is 10.00. The highest BCUT2D eigenvalue weighted by Crippen LogP contribution is 2.21. The highest BCUT2D eigenvalue weighted by molar-refractivity contribution is 9.08. The Labute approximate surface area is 206 Å². The highest BCUT2D eigenvalue weighted by atomic mass is 79.9. The van der Waals surface area contributed by atoms with Crippen LogP contribution in [0.5, 0.6) is 0 Å². The van der Waals surface area contributed by atoms with Crippen molar-refractivity contribution in [2.45, 2.75) is 30.0 Å². The number of hydrogen-bond donors (Lipinski definition) is 3. The molecule has 3 rings (SSSR count). The molecule has 0 spiro atoms. The van der Waals surface area contributed by atoms with Gasteiger partial charge in [0.1, 0.15) is 0 Å². The number of rotatable bonds is 10. The normalized spacial score (nSPS) is 13.3. The first-order valence-electron chi connectivity index (χ1n) is 10.3.